The van der Waals surface area contributed by atoms with Gasteiger partial charge in [0, 0.05) is 56.4 Å². The zero-order chi connectivity index (χ0) is 27.9. The molecule has 0 radical (unpaired) electrons. The maximum absolute atomic E-state index is 14.0. The van der Waals surface area contributed by atoms with Crippen molar-refractivity contribution in [3.05, 3.63) is 58.6 Å². The predicted octanol–water partition coefficient (Wildman–Crippen LogP) is 2.63. The molecule has 3 fully saturated rings. The van der Waals surface area contributed by atoms with Gasteiger partial charge in [-0.2, -0.15) is 0 Å². The number of aromatic nitrogens is 3. The molecule has 3 saturated heterocycles. The van der Waals surface area contributed by atoms with Gasteiger partial charge in [-0.15, -0.1) is 11.3 Å². The van der Waals surface area contributed by atoms with Crippen LogP contribution < -0.4 is 10.2 Å². The first-order valence-corrected chi connectivity index (χ1v) is 14.5. The number of thiazole rings is 1. The molecule has 1 unspecified atom stereocenters. The second-order valence-electron chi connectivity index (χ2n) is 11.6. The minimum Gasteiger partial charge on any atom is -0.432 e. The number of aliphatic hydroxyl groups is 1. The van der Waals surface area contributed by atoms with Crippen molar-refractivity contribution in [3.8, 4) is 0 Å². The molecule has 6 rings (SSSR count). The van der Waals surface area contributed by atoms with Gasteiger partial charge in [0.25, 0.3) is 11.9 Å². The van der Waals surface area contributed by atoms with Crippen LogP contribution in [-0.2, 0) is 9.53 Å². The predicted molar refractivity (Wildman–Crippen MR) is 147 cm³/mol. The highest BCUT2D eigenvalue weighted by atomic mass is 32.1. The Labute approximate surface area is 236 Å². The molecule has 2 N–H and O–H groups in total. The third-order valence-corrected chi connectivity index (χ3v) is 9.08. The topological polar surface area (TPSA) is 134 Å². The van der Waals surface area contributed by atoms with Gasteiger partial charge < -0.3 is 29.4 Å². The Kier molecular flexibility index (Phi) is 7.09. The fourth-order valence-corrected chi connectivity index (χ4v) is 6.80. The molecule has 1 spiro atoms. The average Bonchev–Trinajstić information content (AvgIpc) is 3.71. The van der Waals surface area contributed by atoms with Crippen LogP contribution >= 0.6 is 11.3 Å². The summed E-state index contributed by atoms with van der Waals surface area (Å²) in [5.74, 6) is -0.541. The number of nitrogens with zero attached hydrogens (tertiary/aromatic N) is 5. The summed E-state index contributed by atoms with van der Waals surface area (Å²) in [6, 6.07) is 5.56. The van der Waals surface area contributed by atoms with Crippen molar-refractivity contribution in [3.63, 3.8) is 0 Å². The molecule has 212 valence electrons. The van der Waals surface area contributed by atoms with Crippen molar-refractivity contribution in [1.82, 2.24) is 25.2 Å². The lowest BCUT2D eigenvalue weighted by atomic mass is 9.71. The summed E-state index contributed by atoms with van der Waals surface area (Å²) in [5, 5.41) is 14.3. The van der Waals surface area contributed by atoms with E-state index in [0.29, 0.717) is 49.4 Å². The van der Waals surface area contributed by atoms with Crippen LogP contribution in [0.2, 0.25) is 0 Å². The third kappa shape index (κ3) is 5.11. The molecule has 3 aliphatic rings. The second kappa shape index (κ2) is 10.6. The molecule has 40 heavy (non-hydrogen) atoms. The van der Waals surface area contributed by atoms with Crippen LogP contribution in [0.4, 0.5) is 6.01 Å². The fraction of sp³-hybridized carbons (Fsp3) is 0.536. The lowest BCUT2D eigenvalue weighted by Crippen LogP contribution is -2.63. The Morgan fingerprint density at radius 3 is 2.70 bits per heavy atom. The van der Waals surface area contributed by atoms with E-state index in [4.69, 9.17) is 14.1 Å². The van der Waals surface area contributed by atoms with Gasteiger partial charge in [-0.25, -0.2) is 4.98 Å². The molecule has 3 aliphatic heterocycles. The van der Waals surface area contributed by atoms with Crippen LogP contribution in [0.1, 0.15) is 59.7 Å². The number of carbonyl (C=O) groups is 2. The first-order valence-electron chi connectivity index (χ1n) is 13.6. The molecular weight excluding hydrogens is 532 g/mol. The summed E-state index contributed by atoms with van der Waals surface area (Å²) in [6.45, 7) is 6.53. The van der Waals surface area contributed by atoms with Gasteiger partial charge in [-0.05, 0) is 38.8 Å². The van der Waals surface area contributed by atoms with Crippen molar-refractivity contribution in [1.29, 1.82) is 0 Å². The monoisotopic (exact) mass is 566 g/mol. The molecular formula is C28H34N6O5S. The largest absolute Gasteiger partial charge is 0.432 e. The van der Waals surface area contributed by atoms with Gasteiger partial charge in [-0.1, -0.05) is 6.07 Å². The van der Waals surface area contributed by atoms with Gasteiger partial charge in [0.15, 0.2) is 0 Å². The van der Waals surface area contributed by atoms with Crippen LogP contribution in [0.15, 0.2) is 46.8 Å². The molecule has 6 heterocycles. The van der Waals surface area contributed by atoms with Crippen molar-refractivity contribution < 1.29 is 23.8 Å². The number of ether oxygens (including phenoxy) is 1. The Hall–Kier alpha value is -3.35. The van der Waals surface area contributed by atoms with Gasteiger partial charge in [-0.3, -0.25) is 19.6 Å². The molecule has 0 saturated carbocycles. The van der Waals surface area contributed by atoms with Crippen molar-refractivity contribution >= 4 is 29.2 Å². The van der Waals surface area contributed by atoms with Crippen molar-refractivity contribution in [2.75, 3.05) is 44.3 Å². The van der Waals surface area contributed by atoms with Crippen LogP contribution in [0, 0.1) is 11.3 Å². The average molecular weight is 567 g/mol. The van der Waals surface area contributed by atoms with Crippen LogP contribution in [0.3, 0.4) is 0 Å². The van der Waals surface area contributed by atoms with E-state index in [9.17, 15) is 14.7 Å². The first kappa shape index (κ1) is 26.9. The lowest BCUT2D eigenvalue weighted by Gasteiger charge is -2.49. The van der Waals surface area contributed by atoms with Crippen LogP contribution in [0.5, 0.6) is 0 Å². The Morgan fingerprint density at radius 1 is 1.23 bits per heavy atom. The normalized spacial score (nSPS) is 21.8. The number of likely N-dealkylation sites (tertiary alicyclic amines) is 1. The molecule has 12 heteroatoms. The highest BCUT2D eigenvalue weighted by Gasteiger charge is 2.59. The minimum absolute atomic E-state index is 0.128. The first-order chi connectivity index (χ1) is 19.2. The molecule has 3 aromatic rings. The maximum atomic E-state index is 14.0. The van der Waals surface area contributed by atoms with Crippen LogP contribution in [-0.4, -0.2) is 81.8 Å². The third-order valence-electron chi connectivity index (χ3n) is 8.32. The van der Waals surface area contributed by atoms with Gasteiger partial charge in [0.2, 0.25) is 5.91 Å². The minimum atomic E-state index is -1.27. The summed E-state index contributed by atoms with van der Waals surface area (Å²) >= 11 is 1.29. The second-order valence-corrected chi connectivity index (χ2v) is 12.5. The quantitative estimate of drug-likeness (QED) is 0.443. The number of carbonyl (C=O) groups excluding carboxylic acids is 2. The van der Waals surface area contributed by atoms with E-state index in [0.717, 1.165) is 18.5 Å². The van der Waals surface area contributed by atoms with E-state index in [2.05, 4.69) is 15.3 Å². The number of hydrogen-bond donors (Lipinski definition) is 2. The van der Waals surface area contributed by atoms with Crippen molar-refractivity contribution in [2.45, 2.75) is 44.2 Å². The zero-order valence-electron chi connectivity index (χ0n) is 22.7. The fourth-order valence-electron chi connectivity index (χ4n) is 6.21. The number of hydrogen-bond acceptors (Lipinski definition) is 10. The molecule has 2 amide bonds. The zero-order valence-corrected chi connectivity index (χ0v) is 23.5. The Bertz CT molecular complexity index is 1330. The Balaban J connectivity index is 1.25. The SMILES string of the molecule is CC(C)(O)C(NC(=O)[C@@H]1CN(C(=O)c2cncs2)CC12CN(c1ncco1)C2)c1cccc(C2CCOCC2)n1. The molecule has 0 bridgehead atoms. The number of pyridine rings is 1. The Morgan fingerprint density at radius 2 is 2.02 bits per heavy atom. The number of rotatable bonds is 7. The van der Waals surface area contributed by atoms with E-state index in [1.807, 2.05) is 23.1 Å². The standard InChI is InChI=1S/C28H34N6O5S/c1-27(2,37)23(21-5-3-4-20(31-21)18-6-9-38-10-7-18)32-24(35)19-13-33(25(36)22-12-29-17-40-22)14-28(19)15-34(16-28)26-30-8-11-39-26/h3-5,8,11-12,17-19,23,37H,6-7,9-10,13-16H2,1-2H3,(H,32,35)/t19-,23?/m0/s1. The smallest absolute Gasteiger partial charge is 0.297 e. The molecule has 0 aromatic carbocycles. The van der Waals surface area contributed by atoms with E-state index in [1.54, 1.807) is 36.7 Å². The van der Waals surface area contributed by atoms with Gasteiger partial charge in [0.05, 0.1) is 41.2 Å². The number of anilines is 1. The number of amides is 2. The van der Waals surface area contributed by atoms with E-state index >= 15 is 0 Å². The van der Waals surface area contributed by atoms with Crippen molar-refractivity contribution in [2.24, 2.45) is 11.3 Å². The maximum Gasteiger partial charge on any atom is 0.297 e. The number of oxazole rings is 1. The van der Waals surface area contributed by atoms with E-state index in [1.165, 1.54) is 17.6 Å². The molecule has 0 aliphatic carbocycles. The molecule has 3 aromatic heterocycles. The highest BCUT2D eigenvalue weighted by molar-refractivity contribution is 7.11. The van der Waals surface area contributed by atoms with E-state index in [-0.39, 0.29) is 24.3 Å². The van der Waals surface area contributed by atoms with Crippen LogP contribution in [0.25, 0.3) is 0 Å². The lowest BCUT2D eigenvalue weighted by molar-refractivity contribution is -0.131. The highest BCUT2D eigenvalue weighted by Crippen LogP contribution is 2.46. The summed E-state index contributed by atoms with van der Waals surface area (Å²) in [7, 11) is 0. The molecule has 2 atom stereocenters. The summed E-state index contributed by atoms with van der Waals surface area (Å²) in [4.78, 5) is 44.8. The number of nitrogens with one attached hydrogen (secondary N) is 1. The molecule has 11 nitrogen and oxygen atoms in total. The van der Waals surface area contributed by atoms with E-state index < -0.39 is 23.0 Å². The summed E-state index contributed by atoms with van der Waals surface area (Å²) in [5.41, 5.74) is 1.45. The summed E-state index contributed by atoms with van der Waals surface area (Å²) in [6.07, 6.45) is 6.47. The summed E-state index contributed by atoms with van der Waals surface area (Å²) < 4.78 is 11.0. The van der Waals surface area contributed by atoms with Gasteiger partial charge in [0.1, 0.15) is 11.1 Å². The van der Waals surface area contributed by atoms with Gasteiger partial charge >= 0.3 is 0 Å².